The summed E-state index contributed by atoms with van der Waals surface area (Å²) in [6.07, 6.45) is 2.57. The monoisotopic (exact) mass is 438 g/mol. The molecule has 0 unspecified atom stereocenters. The van der Waals surface area contributed by atoms with Crippen molar-refractivity contribution in [3.63, 3.8) is 0 Å². The van der Waals surface area contributed by atoms with Crippen LogP contribution in [0.4, 0.5) is 0 Å². The van der Waals surface area contributed by atoms with Crippen molar-refractivity contribution in [2.45, 2.75) is 38.9 Å². The van der Waals surface area contributed by atoms with Crippen molar-refractivity contribution < 1.29 is 4.79 Å². The summed E-state index contributed by atoms with van der Waals surface area (Å²) in [5.41, 5.74) is 3.14. The zero-order chi connectivity index (χ0) is 21.3. The third-order valence-corrected chi connectivity index (χ3v) is 6.68. The molecule has 0 N–H and O–H groups in total. The molecule has 6 nitrogen and oxygen atoms in total. The van der Waals surface area contributed by atoms with Crippen LogP contribution in [0.5, 0.6) is 0 Å². The summed E-state index contributed by atoms with van der Waals surface area (Å²) in [6.45, 7) is 6.51. The zero-order valence-electron chi connectivity index (χ0n) is 17.1. The molecule has 4 rings (SSSR count). The van der Waals surface area contributed by atoms with E-state index in [-0.39, 0.29) is 17.1 Å². The van der Waals surface area contributed by atoms with Gasteiger partial charge >= 0.3 is 0 Å². The number of hydrogen-bond acceptors (Lipinski definition) is 6. The lowest BCUT2D eigenvalue weighted by Gasteiger charge is -2.12. The smallest absolute Gasteiger partial charge is 0.262 e. The number of carbonyl (C=O) groups excluding carboxylic acids is 1. The zero-order valence-corrected chi connectivity index (χ0v) is 18.7. The summed E-state index contributed by atoms with van der Waals surface area (Å²) in [7, 11) is 0. The predicted octanol–water partition coefficient (Wildman–Crippen LogP) is 4.65. The molecule has 0 saturated carbocycles. The Kier molecular flexibility index (Phi) is 5.87. The molecular formula is C22H22N4O2S2. The van der Waals surface area contributed by atoms with E-state index in [1.807, 2.05) is 55.0 Å². The molecule has 3 aromatic heterocycles. The van der Waals surface area contributed by atoms with Gasteiger partial charge in [0.15, 0.2) is 16.1 Å². The van der Waals surface area contributed by atoms with E-state index in [4.69, 9.17) is 0 Å². The Morgan fingerprint density at radius 1 is 1.23 bits per heavy atom. The number of carbonyl (C=O) groups is 1. The number of aryl methyl sites for hydroxylation is 1. The maximum atomic E-state index is 13.0. The first-order valence-corrected chi connectivity index (χ1v) is 11.6. The minimum atomic E-state index is -0.0562. The average Bonchev–Trinajstić information content (AvgIpc) is 3.36. The Bertz CT molecular complexity index is 1270. The van der Waals surface area contributed by atoms with Crippen molar-refractivity contribution in [1.82, 2.24) is 19.1 Å². The van der Waals surface area contributed by atoms with E-state index >= 15 is 0 Å². The Hall–Kier alpha value is -2.71. The highest BCUT2D eigenvalue weighted by molar-refractivity contribution is 7.99. The first kappa shape index (κ1) is 20.6. The number of benzene rings is 1. The van der Waals surface area contributed by atoms with Crippen LogP contribution in [0.2, 0.25) is 0 Å². The third-order valence-electron chi connectivity index (χ3n) is 4.95. The number of thioether (sulfide) groups is 1. The van der Waals surface area contributed by atoms with Crippen molar-refractivity contribution in [3.05, 3.63) is 69.2 Å². The first-order chi connectivity index (χ1) is 14.5. The van der Waals surface area contributed by atoms with E-state index in [0.29, 0.717) is 28.2 Å². The Morgan fingerprint density at radius 3 is 2.77 bits per heavy atom. The molecule has 0 aliphatic rings. The summed E-state index contributed by atoms with van der Waals surface area (Å²) in [4.78, 5) is 35.0. The van der Waals surface area contributed by atoms with Gasteiger partial charge < -0.3 is 0 Å². The number of aromatic nitrogens is 4. The molecule has 0 aliphatic heterocycles. The minimum Gasteiger partial charge on any atom is -0.294 e. The molecular weight excluding hydrogens is 416 g/mol. The molecule has 1 aromatic carbocycles. The average molecular weight is 439 g/mol. The topological polar surface area (TPSA) is 69.8 Å². The van der Waals surface area contributed by atoms with Crippen LogP contribution in [-0.2, 0) is 6.54 Å². The lowest BCUT2D eigenvalue weighted by atomic mass is 10.2. The van der Waals surface area contributed by atoms with Gasteiger partial charge in [-0.25, -0.2) is 9.97 Å². The predicted molar refractivity (Wildman–Crippen MR) is 122 cm³/mol. The molecule has 154 valence electrons. The standard InChI is InChI=1S/C22H22N4O2S2/c1-4-10-25-20(28)16-7-5-6-8-18(16)24-22(25)30-13-19(27)17-12-14(2)26(15(17)3)21-23-9-11-29-21/h5-9,11-12H,4,10,13H2,1-3H3. The van der Waals surface area contributed by atoms with Gasteiger partial charge in [-0.3, -0.25) is 18.7 Å². The van der Waals surface area contributed by atoms with Gasteiger partial charge in [0.05, 0.1) is 16.7 Å². The maximum absolute atomic E-state index is 13.0. The number of thiazole rings is 1. The molecule has 3 heterocycles. The number of fused-ring (bicyclic) bond motifs is 1. The van der Waals surface area contributed by atoms with Gasteiger partial charge in [-0.05, 0) is 38.5 Å². The van der Waals surface area contributed by atoms with Gasteiger partial charge in [0.25, 0.3) is 5.56 Å². The fraction of sp³-hybridized carbons (Fsp3) is 0.273. The summed E-state index contributed by atoms with van der Waals surface area (Å²) in [6, 6.07) is 9.25. The second-order valence-corrected chi connectivity index (χ2v) is 8.83. The van der Waals surface area contributed by atoms with E-state index in [2.05, 4.69) is 9.97 Å². The van der Waals surface area contributed by atoms with Crippen molar-refractivity contribution in [2.24, 2.45) is 0 Å². The van der Waals surface area contributed by atoms with Crippen LogP contribution in [0.3, 0.4) is 0 Å². The Labute approximate surface area is 182 Å². The number of hydrogen-bond donors (Lipinski definition) is 0. The van der Waals surface area contributed by atoms with Gasteiger partial charge in [0, 0.05) is 35.1 Å². The van der Waals surface area contributed by atoms with E-state index < -0.39 is 0 Å². The number of nitrogens with zero attached hydrogens (tertiary/aromatic N) is 4. The van der Waals surface area contributed by atoms with Crippen LogP contribution in [0.15, 0.2) is 51.9 Å². The van der Waals surface area contributed by atoms with Crippen LogP contribution in [0, 0.1) is 13.8 Å². The van der Waals surface area contributed by atoms with Crippen molar-refractivity contribution in [3.8, 4) is 5.13 Å². The number of Topliss-reactive ketones (excluding diaryl/α,β-unsaturated/α-hetero) is 1. The summed E-state index contributed by atoms with van der Waals surface area (Å²) < 4.78 is 3.68. The molecule has 0 radical (unpaired) electrons. The largest absolute Gasteiger partial charge is 0.294 e. The van der Waals surface area contributed by atoms with Crippen molar-refractivity contribution in [1.29, 1.82) is 0 Å². The summed E-state index contributed by atoms with van der Waals surface area (Å²) in [5.74, 6) is 0.234. The lowest BCUT2D eigenvalue weighted by molar-refractivity contribution is 0.102. The number of rotatable bonds is 7. The van der Waals surface area contributed by atoms with Gasteiger partial charge in [0.2, 0.25) is 0 Å². The van der Waals surface area contributed by atoms with Crippen LogP contribution in [0.1, 0.15) is 35.1 Å². The second kappa shape index (κ2) is 8.57. The summed E-state index contributed by atoms with van der Waals surface area (Å²) in [5, 5.41) is 3.96. The highest BCUT2D eigenvalue weighted by Crippen LogP contribution is 2.25. The normalized spacial score (nSPS) is 11.3. The van der Waals surface area contributed by atoms with Gasteiger partial charge in [0.1, 0.15) is 0 Å². The van der Waals surface area contributed by atoms with Gasteiger partial charge in [-0.2, -0.15) is 0 Å². The Morgan fingerprint density at radius 2 is 2.03 bits per heavy atom. The minimum absolute atomic E-state index is 0.0152. The van der Waals surface area contributed by atoms with Gasteiger partial charge in [-0.15, -0.1) is 11.3 Å². The van der Waals surface area contributed by atoms with Crippen LogP contribution in [-0.4, -0.2) is 30.6 Å². The van der Waals surface area contributed by atoms with Crippen molar-refractivity contribution in [2.75, 3.05) is 5.75 Å². The molecule has 0 aliphatic carbocycles. The number of para-hydroxylation sites is 1. The van der Waals surface area contributed by atoms with Crippen LogP contribution in [0.25, 0.3) is 16.0 Å². The molecule has 0 saturated heterocycles. The molecule has 4 aromatic rings. The van der Waals surface area contributed by atoms with E-state index in [9.17, 15) is 9.59 Å². The maximum Gasteiger partial charge on any atom is 0.262 e. The highest BCUT2D eigenvalue weighted by Gasteiger charge is 2.19. The number of ketones is 1. The van der Waals surface area contributed by atoms with Crippen molar-refractivity contribution >= 4 is 39.8 Å². The van der Waals surface area contributed by atoms with E-state index in [1.165, 1.54) is 23.1 Å². The highest BCUT2D eigenvalue weighted by atomic mass is 32.2. The quantitative estimate of drug-likeness (QED) is 0.239. The first-order valence-electron chi connectivity index (χ1n) is 9.75. The molecule has 0 amide bonds. The summed E-state index contributed by atoms with van der Waals surface area (Å²) >= 11 is 2.86. The third kappa shape index (κ3) is 3.73. The van der Waals surface area contributed by atoms with E-state index in [1.54, 1.807) is 16.8 Å². The molecule has 0 bridgehead atoms. The molecule has 0 fully saturated rings. The van der Waals surface area contributed by atoms with Gasteiger partial charge in [-0.1, -0.05) is 30.8 Å². The molecule has 8 heteroatoms. The lowest BCUT2D eigenvalue weighted by Crippen LogP contribution is -2.23. The molecule has 30 heavy (non-hydrogen) atoms. The fourth-order valence-electron chi connectivity index (χ4n) is 3.55. The molecule has 0 atom stereocenters. The SMILES string of the molecule is CCCn1c(SCC(=O)c2cc(C)n(-c3nccs3)c2C)nc2ccccc2c1=O. The Balaban J connectivity index is 1.63. The fourth-order valence-corrected chi connectivity index (χ4v) is 5.21. The van der Waals surface area contributed by atoms with E-state index in [0.717, 1.165) is 22.9 Å². The van der Waals surface area contributed by atoms with Crippen LogP contribution < -0.4 is 5.56 Å². The molecule has 0 spiro atoms. The van der Waals surface area contributed by atoms with Crippen LogP contribution >= 0.6 is 23.1 Å². The second-order valence-electron chi connectivity index (χ2n) is 7.02.